The molecule has 0 radical (unpaired) electrons. The van der Waals surface area contributed by atoms with E-state index in [1.165, 1.54) is 18.4 Å². The maximum absolute atomic E-state index is 11.8. The predicted molar refractivity (Wildman–Crippen MR) is 63.7 cm³/mol. The van der Waals surface area contributed by atoms with Gasteiger partial charge in [-0.2, -0.15) is 0 Å². The zero-order valence-corrected chi connectivity index (χ0v) is 10.8. The van der Waals surface area contributed by atoms with Gasteiger partial charge in [0.25, 0.3) is 0 Å². The lowest BCUT2D eigenvalue weighted by molar-refractivity contribution is -0.111. The Morgan fingerprint density at radius 3 is 2.56 bits per heavy atom. The summed E-state index contributed by atoms with van der Waals surface area (Å²) in [7, 11) is -0.259. The number of hydrogen-bond donors (Lipinski definition) is 0. The Morgan fingerprint density at radius 1 is 1.56 bits per heavy atom. The van der Waals surface area contributed by atoms with Crippen molar-refractivity contribution >= 4 is 26.9 Å². The van der Waals surface area contributed by atoms with E-state index in [1.807, 2.05) is 0 Å². The molecular formula is C10H14ClNO3S. The molecular weight excluding hydrogens is 250 g/mol. The standard InChI is InChI=1S/C10H14ClNO3S/c1-12(2)16(14,15)9-5-3-8(4-6-9)7-10(11)13/h3-5,9H,6-7H2,1-2H3/t9-/m0/s1. The summed E-state index contributed by atoms with van der Waals surface area (Å²) < 4.78 is 24.7. The Labute approximate surface area is 101 Å². The summed E-state index contributed by atoms with van der Waals surface area (Å²) in [6, 6.07) is 0. The largest absolute Gasteiger partial charge is 0.281 e. The molecule has 0 spiro atoms. The molecule has 0 aliphatic heterocycles. The van der Waals surface area contributed by atoms with Crippen molar-refractivity contribution in [3.05, 3.63) is 23.8 Å². The Balaban J connectivity index is 2.73. The highest BCUT2D eigenvalue weighted by atomic mass is 35.5. The molecule has 1 atom stereocenters. The first-order valence-electron chi connectivity index (χ1n) is 4.81. The molecule has 0 aromatic heterocycles. The van der Waals surface area contributed by atoms with Gasteiger partial charge in [-0.15, -0.1) is 0 Å². The number of carbonyl (C=O) groups excluding carboxylic acids is 1. The van der Waals surface area contributed by atoms with Crippen molar-refractivity contribution in [3.8, 4) is 0 Å². The Kier molecular flexibility index (Phi) is 4.29. The lowest BCUT2D eigenvalue weighted by atomic mass is 10.0. The summed E-state index contributed by atoms with van der Waals surface area (Å²) in [5.74, 6) is 0. The number of allylic oxidation sites excluding steroid dienone is 3. The maximum atomic E-state index is 11.8. The minimum absolute atomic E-state index is 0.146. The molecule has 0 fully saturated rings. The highest BCUT2D eigenvalue weighted by Gasteiger charge is 2.26. The van der Waals surface area contributed by atoms with Crippen LogP contribution in [0, 0.1) is 0 Å². The molecule has 90 valence electrons. The number of carbonyl (C=O) groups is 1. The van der Waals surface area contributed by atoms with Crippen molar-refractivity contribution in [2.75, 3.05) is 14.1 Å². The van der Waals surface area contributed by atoms with E-state index in [4.69, 9.17) is 11.6 Å². The SMILES string of the molecule is CN(C)S(=O)(=O)[C@H]1C=CC(CC(=O)Cl)=CC1. The van der Waals surface area contributed by atoms with Crippen molar-refractivity contribution in [1.29, 1.82) is 0 Å². The monoisotopic (exact) mass is 263 g/mol. The van der Waals surface area contributed by atoms with Gasteiger partial charge in [-0.1, -0.05) is 18.2 Å². The van der Waals surface area contributed by atoms with E-state index in [0.717, 1.165) is 5.57 Å². The van der Waals surface area contributed by atoms with Crippen LogP contribution in [0.1, 0.15) is 12.8 Å². The zero-order chi connectivity index (χ0) is 12.3. The van der Waals surface area contributed by atoms with Gasteiger partial charge in [0, 0.05) is 20.5 Å². The lowest BCUT2D eigenvalue weighted by Gasteiger charge is -2.20. The first kappa shape index (κ1) is 13.4. The molecule has 16 heavy (non-hydrogen) atoms. The smallest absolute Gasteiger partial charge is 0.226 e. The zero-order valence-electron chi connectivity index (χ0n) is 9.18. The van der Waals surface area contributed by atoms with Gasteiger partial charge in [0.2, 0.25) is 15.3 Å². The van der Waals surface area contributed by atoms with E-state index in [-0.39, 0.29) is 6.42 Å². The van der Waals surface area contributed by atoms with Crippen LogP contribution in [0.3, 0.4) is 0 Å². The highest BCUT2D eigenvalue weighted by molar-refractivity contribution is 7.89. The van der Waals surface area contributed by atoms with E-state index in [9.17, 15) is 13.2 Å². The third-order valence-corrected chi connectivity index (χ3v) is 4.64. The summed E-state index contributed by atoms with van der Waals surface area (Å²) >= 11 is 5.25. The van der Waals surface area contributed by atoms with Gasteiger partial charge in [-0.3, -0.25) is 4.79 Å². The number of sulfonamides is 1. The number of halogens is 1. The minimum Gasteiger partial charge on any atom is -0.281 e. The van der Waals surface area contributed by atoms with Crippen LogP contribution >= 0.6 is 11.6 Å². The van der Waals surface area contributed by atoms with Crippen LogP contribution in [-0.4, -0.2) is 37.3 Å². The van der Waals surface area contributed by atoms with Crippen LogP contribution < -0.4 is 0 Å². The van der Waals surface area contributed by atoms with Crippen molar-refractivity contribution in [2.24, 2.45) is 0 Å². The molecule has 1 aliphatic rings. The quantitative estimate of drug-likeness (QED) is 0.718. The van der Waals surface area contributed by atoms with Crippen LogP contribution in [0.15, 0.2) is 23.8 Å². The molecule has 0 saturated heterocycles. The molecule has 1 aliphatic carbocycles. The van der Waals surface area contributed by atoms with E-state index >= 15 is 0 Å². The van der Waals surface area contributed by atoms with E-state index in [0.29, 0.717) is 6.42 Å². The number of hydrogen-bond acceptors (Lipinski definition) is 3. The van der Waals surface area contributed by atoms with Gasteiger partial charge in [0.15, 0.2) is 0 Å². The summed E-state index contributed by atoms with van der Waals surface area (Å²) in [5, 5.41) is -0.985. The molecule has 0 saturated carbocycles. The fourth-order valence-electron chi connectivity index (χ4n) is 1.43. The average Bonchev–Trinajstić information content (AvgIpc) is 2.17. The van der Waals surface area contributed by atoms with Crippen molar-refractivity contribution in [1.82, 2.24) is 4.31 Å². The first-order valence-corrected chi connectivity index (χ1v) is 6.69. The maximum Gasteiger partial charge on any atom is 0.226 e. The molecule has 0 unspecified atom stereocenters. The fourth-order valence-corrected chi connectivity index (χ4v) is 2.74. The van der Waals surface area contributed by atoms with Gasteiger partial charge in [0.05, 0.1) is 5.25 Å². The molecule has 0 aromatic carbocycles. The summed E-state index contributed by atoms with van der Waals surface area (Å²) in [5.41, 5.74) is 0.769. The van der Waals surface area contributed by atoms with Crippen molar-refractivity contribution < 1.29 is 13.2 Å². The summed E-state index contributed by atoms with van der Waals surface area (Å²) in [6.45, 7) is 0. The Hall–Kier alpha value is -0.650. The number of rotatable bonds is 4. The van der Waals surface area contributed by atoms with Gasteiger partial charge in [-0.25, -0.2) is 12.7 Å². The molecule has 4 nitrogen and oxygen atoms in total. The molecule has 1 rings (SSSR count). The van der Waals surface area contributed by atoms with Gasteiger partial charge < -0.3 is 0 Å². The molecule has 0 bridgehead atoms. The molecule has 0 N–H and O–H groups in total. The fraction of sp³-hybridized carbons (Fsp3) is 0.500. The van der Waals surface area contributed by atoms with Crippen LogP contribution in [0.4, 0.5) is 0 Å². The third-order valence-electron chi connectivity index (χ3n) is 2.37. The van der Waals surface area contributed by atoms with Crippen molar-refractivity contribution in [2.45, 2.75) is 18.1 Å². The highest BCUT2D eigenvalue weighted by Crippen LogP contribution is 2.20. The van der Waals surface area contributed by atoms with Gasteiger partial charge >= 0.3 is 0 Å². The summed E-state index contributed by atoms with van der Waals surface area (Å²) in [4.78, 5) is 10.7. The van der Waals surface area contributed by atoms with E-state index in [2.05, 4.69) is 0 Å². The molecule has 0 heterocycles. The second-order valence-electron chi connectivity index (χ2n) is 3.77. The Morgan fingerprint density at radius 2 is 2.19 bits per heavy atom. The molecule has 6 heteroatoms. The minimum atomic E-state index is -3.27. The van der Waals surface area contributed by atoms with Crippen LogP contribution in [0.25, 0.3) is 0 Å². The first-order chi connectivity index (χ1) is 7.34. The second kappa shape index (κ2) is 5.12. The van der Waals surface area contributed by atoms with E-state index < -0.39 is 20.5 Å². The van der Waals surface area contributed by atoms with Crippen molar-refractivity contribution in [3.63, 3.8) is 0 Å². The van der Waals surface area contributed by atoms with E-state index in [1.54, 1.807) is 18.2 Å². The predicted octanol–water partition coefficient (Wildman–Crippen LogP) is 1.29. The normalized spacial score (nSPS) is 21.0. The Bertz CT molecular complexity index is 437. The third kappa shape index (κ3) is 3.17. The second-order valence-corrected chi connectivity index (χ2v) is 6.56. The van der Waals surface area contributed by atoms with Crippen LogP contribution in [0.5, 0.6) is 0 Å². The lowest BCUT2D eigenvalue weighted by Crippen LogP contribution is -2.32. The summed E-state index contributed by atoms with van der Waals surface area (Å²) in [6.07, 6.45) is 5.52. The topological polar surface area (TPSA) is 54.5 Å². The van der Waals surface area contributed by atoms with Crippen LogP contribution in [0.2, 0.25) is 0 Å². The molecule has 0 amide bonds. The molecule has 0 aromatic rings. The average molecular weight is 264 g/mol. The van der Waals surface area contributed by atoms with Gasteiger partial charge in [-0.05, 0) is 23.6 Å². The number of nitrogens with zero attached hydrogens (tertiary/aromatic N) is 1. The van der Waals surface area contributed by atoms with Gasteiger partial charge in [0.1, 0.15) is 0 Å². The van der Waals surface area contributed by atoms with Crippen LogP contribution in [-0.2, 0) is 14.8 Å².